The number of aliphatic hydroxyl groups is 2. The third-order valence-corrected chi connectivity index (χ3v) is 5.00. The summed E-state index contributed by atoms with van der Waals surface area (Å²) in [5, 5.41) is 23.7. The van der Waals surface area contributed by atoms with Gasteiger partial charge in [0.05, 0.1) is 30.6 Å². The summed E-state index contributed by atoms with van der Waals surface area (Å²) in [6.45, 7) is 5.99. The zero-order valence-electron chi connectivity index (χ0n) is 15.8. The smallest absolute Gasteiger partial charge is 0.225 e. The van der Waals surface area contributed by atoms with E-state index in [9.17, 15) is 15.0 Å². The molecule has 2 heterocycles. The van der Waals surface area contributed by atoms with Crippen molar-refractivity contribution in [2.24, 2.45) is 0 Å². The number of aromatic nitrogens is 4. The van der Waals surface area contributed by atoms with E-state index in [-0.39, 0.29) is 35.0 Å². The molecule has 0 aliphatic heterocycles. The summed E-state index contributed by atoms with van der Waals surface area (Å²) in [5.74, 6) is -0.259. The van der Waals surface area contributed by atoms with Crippen LogP contribution in [0.15, 0.2) is 6.33 Å². The fourth-order valence-electron chi connectivity index (χ4n) is 3.26. The van der Waals surface area contributed by atoms with Crippen LogP contribution >= 0.6 is 23.2 Å². The molecule has 1 aliphatic carbocycles. The van der Waals surface area contributed by atoms with Crippen LogP contribution in [0.5, 0.6) is 0 Å². The Morgan fingerprint density at radius 3 is 2.71 bits per heavy atom. The molecule has 0 radical (unpaired) electrons. The monoisotopic (exact) mass is 431 g/mol. The van der Waals surface area contributed by atoms with Gasteiger partial charge in [-0.15, -0.1) is 0 Å². The maximum absolute atomic E-state index is 12.2. The van der Waals surface area contributed by atoms with Crippen molar-refractivity contribution in [3.05, 3.63) is 16.8 Å². The zero-order valence-corrected chi connectivity index (χ0v) is 17.3. The van der Waals surface area contributed by atoms with Gasteiger partial charge < -0.3 is 24.8 Å². The second-order valence-corrected chi connectivity index (χ2v) is 8.47. The van der Waals surface area contributed by atoms with E-state index >= 15 is 0 Å². The van der Waals surface area contributed by atoms with Crippen LogP contribution in [0.1, 0.15) is 39.7 Å². The summed E-state index contributed by atoms with van der Waals surface area (Å²) in [4.78, 5) is 24.3. The Kier molecular flexibility index (Phi) is 6.11. The number of nitrogens with zero attached hydrogens (tertiary/aromatic N) is 4. The van der Waals surface area contributed by atoms with Crippen molar-refractivity contribution in [1.29, 1.82) is 0 Å². The molecule has 0 aromatic carbocycles. The Hall–Kier alpha value is -1.52. The van der Waals surface area contributed by atoms with Crippen molar-refractivity contribution in [3.8, 4) is 0 Å². The molecule has 154 valence electrons. The number of carbonyl (C=O) groups excluding carboxylic acids is 1. The molecule has 2 aromatic heterocycles. The maximum atomic E-state index is 12.2. The van der Waals surface area contributed by atoms with Crippen LogP contribution in [0.25, 0.3) is 11.2 Å². The van der Waals surface area contributed by atoms with Crippen LogP contribution in [0.3, 0.4) is 0 Å². The molecular formula is C17H23Cl2N5O4. The summed E-state index contributed by atoms with van der Waals surface area (Å²) >= 11 is 11.9. The highest BCUT2D eigenvalue weighted by atomic mass is 35.5. The quantitative estimate of drug-likeness (QED) is 0.483. The predicted octanol–water partition coefficient (Wildman–Crippen LogP) is 1.49. The zero-order chi connectivity index (χ0) is 20.6. The molecule has 1 saturated carbocycles. The second-order valence-electron chi connectivity index (χ2n) is 7.78. The molecule has 0 unspecified atom stereocenters. The molecule has 0 saturated heterocycles. The fraction of sp³-hybridized carbons (Fsp3) is 0.647. The number of amides is 1. The van der Waals surface area contributed by atoms with Gasteiger partial charge in [0.1, 0.15) is 17.7 Å². The van der Waals surface area contributed by atoms with Crippen molar-refractivity contribution in [2.45, 2.75) is 63.5 Å². The number of carbonyl (C=O) groups is 1. The lowest BCUT2D eigenvalue weighted by atomic mass is 10.2. The van der Waals surface area contributed by atoms with E-state index in [0.29, 0.717) is 17.6 Å². The molecule has 11 heteroatoms. The minimum Gasteiger partial charge on any atom is -0.388 e. The predicted molar refractivity (Wildman–Crippen MR) is 103 cm³/mol. The van der Waals surface area contributed by atoms with E-state index in [1.165, 1.54) is 6.33 Å². The van der Waals surface area contributed by atoms with E-state index in [2.05, 4.69) is 20.3 Å². The molecule has 3 N–H and O–H groups in total. The van der Waals surface area contributed by atoms with Gasteiger partial charge in [0.15, 0.2) is 10.8 Å². The van der Waals surface area contributed by atoms with Gasteiger partial charge >= 0.3 is 0 Å². The van der Waals surface area contributed by atoms with Crippen molar-refractivity contribution >= 4 is 40.3 Å². The average Bonchev–Trinajstić information content (AvgIpc) is 3.10. The van der Waals surface area contributed by atoms with Gasteiger partial charge in [-0.1, -0.05) is 11.6 Å². The number of hydrogen-bond donors (Lipinski definition) is 3. The van der Waals surface area contributed by atoms with Crippen molar-refractivity contribution < 1.29 is 19.7 Å². The van der Waals surface area contributed by atoms with Crippen LogP contribution < -0.4 is 5.32 Å². The lowest BCUT2D eigenvalue weighted by Crippen LogP contribution is -2.43. The summed E-state index contributed by atoms with van der Waals surface area (Å²) in [7, 11) is 0. The normalized spacial score (nSPS) is 25.4. The summed E-state index contributed by atoms with van der Waals surface area (Å²) in [6, 6.07) is -1.18. The maximum Gasteiger partial charge on any atom is 0.225 e. The first-order valence-corrected chi connectivity index (χ1v) is 9.67. The number of fused-ring (bicyclic) bond motifs is 1. The molecule has 4 atom stereocenters. The average molecular weight is 432 g/mol. The van der Waals surface area contributed by atoms with Crippen LogP contribution in [0.2, 0.25) is 10.4 Å². The highest BCUT2D eigenvalue weighted by Gasteiger charge is 2.43. The summed E-state index contributed by atoms with van der Waals surface area (Å²) in [5.41, 5.74) is 0.368. The minimum atomic E-state index is -1.14. The standard InChI is InChI=1S/C17H23Cl2N5O4/c1-17(2,3)28-5-4-10(25)21-8-6-9(13(27)12(8)26)24-7-20-11-14(18)22-16(19)23-15(11)24/h7-9,12-13,26-27H,4-6H2,1-3H3,(H,21,25)/t8-,9+,12+,13-/m0/s1. The molecule has 2 aromatic rings. The van der Waals surface area contributed by atoms with Crippen LogP contribution in [-0.4, -0.2) is 66.1 Å². The number of ether oxygens (including phenoxy) is 1. The Morgan fingerprint density at radius 1 is 1.32 bits per heavy atom. The first kappa shape index (κ1) is 21.2. The number of imidazole rings is 1. The van der Waals surface area contributed by atoms with Gasteiger partial charge in [-0.25, -0.2) is 9.97 Å². The van der Waals surface area contributed by atoms with E-state index in [1.54, 1.807) is 4.57 Å². The van der Waals surface area contributed by atoms with Gasteiger partial charge in [-0.2, -0.15) is 4.98 Å². The Balaban J connectivity index is 1.70. The third-order valence-electron chi connectivity index (χ3n) is 4.57. The van der Waals surface area contributed by atoms with Crippen molar-refractivity contribution in [1.82, 2.24) is 24.8 Å². The SMILES string of the molecule is CC(C)(C)OCCC(=O)N[C@H]1C[C@@H](n2cnc3c(Cl)nc(Cl)nc32)[C@H](O)[C@@H]1O. The molecule has 3 rings (SSSR count). The van der Waals surface area contributed by atoms with E-state index < -0.39 is 24.3 Å². The number of halogens is 2. The van der Waals surface area contributed by atoms with Gasteiger partial charge in [-0.05, 0) is 38.8 Å². The third kappa shape index (κ3) is 4.55. The summed E-state index contributed by atoms with van der Waals surface area (Å²) in [6.07, 6.45) is -0.348. The minimum absolute atomic E-state index is 0.0454. The molecule has 28 heavy (non-hydrogen) atoms. The topological polar surface area (TPSA) is 122 Å². The van der Waals surface area contributed by atoms with Gasteiger partial charge in [0.2, 0.25) is 11.2 Å². The molecule has 1 amide bonds. The van der Waals surface area contributed by atoms with Gasteiger partial charge in [-0.3, -0.25) is 4.79 Å². The Bertz CT molecular complexity index is 869. The van der Waals surface area contributed by atoms with Crippen molar-refractivity contribution in [2.75, 3.05) is 6.61 Å². The van der Waals surface area contributed by atoms with Crippen molar-refractivity contribution in [3.63, 3.8) is 0 Å². The first-order chi connectivity index (χ1) is 13.1. The molecular weight excluding hydrogens is 409 g/mol. The highest BCUT2D eigenvalue weighted by molar-refractivity contribution is 6.35. The largest absolute Gasteiger partial charge is 0.388 e. The number of aliphatic hydroxyl groups excluding tert-OH is 2. The molecule has 0 spiro atoms. The molecule has 1 fully saturated rings. The summed E-state index contributed by atoms with van der Waals surface area (Å²) < 4.78 is 7.13. The second kappa shape index (κ2) is 8.08. The van der Waals surface area contributed by atoms with E-state index in [1.807, 2.05) is 20.8 Å². The fourth-order valence-corrected chi connectivity index (χ4v) is 3.68. The van der Waals surface area contributed by atoms with Gasteiger partial charge in [0.25, 0.3) is 0 Å². The van der Waals surface area contributed by atoms with E-state index in [0.717, 1.165) is 0 Å². The lowest BCUT2D eigenvalue weighted by Gasteiger charge is -2.20. The molecule has 9 nitrogen and oxygen atoms in total. The number of hydrogen-bond acceptors (Lipinski definition) is 7. The van der Waals surface area contributed by atoms with Crippen LogP contribution in [0.4, 0.5) is 0 Å². The number of nitrogens with one attached hydrogen (secondary N) is 1. The number of rotatable bonds is 5. The Labute approximate surface area is 172 Å². The lowest BCUT2D eigenvalue weighted by molar-refractivity contribution is -0.124. The first-order valence-electron chi connectivity index (χ1n) is 8.92. The van der Waals surface area contributed by atoms with E-state index in [4.69, 9.17) is 27.9 Å². The highest BCUT2D eigenvalue weighted by Crippen LogP contribution is 2.34. The Morgan fingerprint density at radius 2 is 2.04 bits per heavy atom. The van der Waals surface area contributed by atoms with Crippen LogP contribution in [0, 0.1) is 0 Å². The van der Waals surface area contributed by atoms with Gasteiger partial charge in [0, 0.05) is 6.42 Å². The molecule has 1 aliphatic rings. The molecule has 0 bridgehead atoms. The van der Waals surface area contributed by atoms with Crippen LogP contribution in [-0.2, 0) is 9.53 Å².